The van der Waals surface area contributed by atoms with Crippen LogP contribution in [0.15, 0.2) is 17.0 Å². The summed E-state index contributed by atoms with van der Waals surface area (Å²) in [5, 5.41) is 15.0. The molecule has 4 bridgehead atoms. The van der Waals surface area contributed by atoms with E-state index in [0.29, 0.717) is 41.7 Å². The molecule has 1 aromatic rings. The lowest BCUT2D eigenvalue weighted by atomic mass is 9.65. The zero-order valence-corrected chi connectivity index (χ0v) is 22.5. The molecule has 6 rings (SSSR count). The van der Waals surface area contributed by atoms with Crippen molar-refractivity contribution in [1.29, 1.82) is 0 Å². The Morgan fingerprint density at radius 3 is 2.08 bits per heavy atom. The van der Waals surface area contributed by atoms with Crippen LogP contribution < -0.4 is 0 Å². The molecule has 8 atom stereocenters. The average molecular weight is 567 g/mol. The van der Waals surface area contributed by atoms with E-state index >= 15 is 17.6 Å². The van der Waals surface area contributed by atoms with Gasteiger partial charge in [0.25, 0.3) is 0 Å². The lowest BCUT2D eigenvalue weighted by Gasteiger charge is -2.44. The SMILES string of the molecule is Cc1cc(S2(OS(=O)(=O)C(F)(F)C(F)(F)C3CC4CC3C3C5CC(O)C(C5)C43)CCCC2)cc(C)c1O. The lowest BCUT2D eigenvalue weighted by Crippen LogP contribution is -2.55. The number of hydrogen-bond acceptors (Lipinski definition) is 5. The Balaban J connectivity index is 1.30. The van der Waals surface area contributed by atoms with E-state index in [1.165, 1.54) is 12.1 Å². The van der Waals surface area contributed by atoms with Gasteiger partial charge in [-0.2, -0.15) is 26.0 Å². The number of halogens is 4. The molecule has 4 aliphatic carbocycles. The monoisotopic (exact) mass is 566 g/mol. The number of hydrogen-bond donors (Lipinski definition) is 2. The highest BCUT2D eigenvalue weighted by atomic mass is 32.3. The van der Waals surface area contributed by atoms with Crippen LogP contribution in [0.5, 0.6) is 5.75 Å². The second kappa shape index (κ2) is 8.24. The van der Waals surface area contributed by atoms with Crippen molar-refractivity contribution >= 4 is 20.4 Å². The summed E-state index contributed by atoms with van der Waals surface area (Å²) in [5.74, 6) is -6.92. The summed E-state index contributed by atoms with van der Waals surface area (Å²) < 4.78 is 94.1. The van der Waals surface area contributed by atoms with E-state index in [-0.39, 0.29) is 53.3 Å². The van der Waals surface area contributed by atoms with Gasteiger partial charge in [-0.15, -0.1) is 0 Å². The molecule has 8 unspecified atom stereocenters. The predicted molar refractivity (Wildman–Crippen MR) is 131 cm³/mol. The zero-order chi connectivity index (χ0) is 26.7. The van der Waals surface area contributed by atoms with Gasteiger partial charge in [0, 0.05) is 22.3 Å². The summed E-state index contributed by atoms with van der Waals surface area (Å²) >= 11 is 0. The number of alkyl halides is 4. The number of benzene rings is 1. The first-order chi connectivity index (χ1) is 17.2. The Morgan fingerprint density at radius 1 is 0.919 bits per heavy atom. The number of aliphatic hydroxyl groups excluding tert-OH is 1. The Morgan fingerprint density at radius 2 is 1.46 bits per heavy atom. The van der Waals surface area contributed by atoms with Crippen LogP contribution in [0.3, 0.4) is 0 Å². The second-order valence-corrected chi connectivity index (χ2v) is 17.0. The minimum Gasteiger partial charge on any atom is -0.507 e. The van der Waals surface area contributed by atoms with Crippen molar-refractivity contribution in [2.24, 2.45) is 41.4 Å². The fraction of sp³-hybridized carbons (Fsp3) is 0.769. The molecule has 1 aliphatic heterocycles. The normalized spacial score (nSPS) is 39.3. The molecule has 37 heavy (non-hydrogen) atoms. The fourth-order valence-corrected chi connectivity index (χ4v) is 14.7. The van der Waals surface area contributed by atoms with Crippen molar-refractivity contribution < 1.29 is 39.8 Å². The van der Waals surface area contributed by atoms with Crippen molar-refractivity contribution in [3.63, 3.8) is 0 Å². The summed E-state index contributed by atoms with van der Waals surface area (Å²) in [5.41, 5.74) is 0.888. The molecular weight excluding hydrogens is 532 g/mol. The smallest absolute Gasteiger partial charge is 0.432 e. The van der Waals surface area contributed by atoms with E-state index in [4.69, 9.17) is 3.63 Å². The second-order valence-electron chi connectivity index (χ2n) is 12.1. The third kappa shape index (κ3) is 3.51. The number of aryl methyl sites for hydroxylation is 2. The zero-order valence-electron chi connectivity index (χ0n) is 20.9. The highest BCUT2D eigenvalue weighted by Crippen LogP contribution is 2.72. The van der Waals surface area contributed by atoms with Gasteiger partial charge < -0.3 is 10.2 Å². The van der Waals surface area contributed by atoms with Crippen LogP contribution in [0.4, 0.5) is 17.6 Å². The van der Waals surface area contributed by atoms with E-state index in [0.717, 1.165) is 6.42 Å². The number of phenols is 1. The molecule has 5 nitrogen and oxygen atoms in total. The molecule has 208 valence electrons. The maximum atomic E-state index is 15.7. The van der Waals surface area contributed by atoms with E-state index in [2.05, 4.69) is 0 Å². The molecule has 2 N–H and O–H groups in total. The van der Waals surface area contributed by atoms with Crippen molar-refractivity contribution in [1.82, 2.24) is 0 Å². The molecule has 1 saturated heterocycles. The molecule has 0 spiro atoms. The maximum Gasteiger partial charge on any atom is 0.432 e. The van der Waals surface area contributed by atoms with Crippen LogP contribution >= 0.6 is 10.3 Å². The minimum atomic E-state index is -5.99. The van der Waals surface area contributed by atoms with Crippen molar-refractivity contribution in [3.8, 4) is 5.75 Å². The van der Waals surface area contributed by atoms with Crippen LogP contribution in [0.1, 0.15) is 49.7 Å². The van der Waals surface area contributed by atoms with Crippen LogP contribution in [0.2, 0.25) is 0 Å². The summed E-state index contributed by atoms with van der Waals surface area (Å²) in [4.78, 5) is 0.379. The van der Waals surface area contributed by atoms with Crippen LogP contribution in [0, 0.1) is 55.3 Å². The van der Waals surface area contributed by atoms with Gasteiger partial charge in [-0.25, -0.2) is 3.63 Å². The van der Waals surface area contributed by atoms with Crippen molar-refractivity contribution in [2.45, 2.75) is 74.5 Å². The Bertz CT molecular complexity index is 1190. The van der Waals surface area contributed by atoms with E-state index < -0.39 is 49.5 Å². The van der Waals surface area contributed by atoms with Gasteiger partial charge >= 0.3 is 21.3 Å². The molecule has 5 aliphatic rings. The highest BCUT2D eigenvalue weighted by molar-refractivity contribution is 8.33. The Hall–Kier alpha value is -1.04. The molecule has 1 heterocycles. The first-order valence-electron chi connectivity index (χ1n) is 13.2. The molecule has 0 radical (unpaired) electrons. The molecule has 0 amide bonds. The maximum absolute atomic E-state index is 15.7. The first-order valence-corrected chi connectivity index (χ1v) is 16.5. The van der Waals surface area contributed by atoms with Gasteiger partial charge in [-0.05, 0) is 111 Å². The standard InChI is InChI=1S/C26H34F4O5S2/c1-13-7-17(8-14(2)24(13)32)36(5-3-4-6-36)35-37(33,34)26(29,30)25(27,28)20-11-15-9-18(20)22-16-10-19(23(15)22)21(31)12-16/h7-8,15-16,18-23,31-32H,3-6,9-12H2,1-2H3. The van der Waals surface area contributed by atoms with Crippen LogP contribution in [-0.4, -0.2) is 47.4 Å². The van der Waals surface area contributed by atoms with E-state index in [1.807, 2.05) is 0 Å². The molecular formula is C26H34F4O5S2. The number of phenolic OH excluding ortho intramolecular Hbond substituents is 1. The van der Waals surface area contributed by atoms with Gasteiger partial charge in [-0.1, -0.05) is 10.3 Å². The molecule has 1 aromatic carbocycles. The molecule has 0 aromatic heterocycles. The highest BCUT2D eigenvalue weighted by Gasteiger charge is 2.76. The largest absolute Gasteiger partial charge is 0.507 e. The van der Waals surface area contributed by atoms with Gasteiger partial charge in [0.15, 0.2) is 0 Å². The number of rotatable bonds is 6. The predicted octanol–water partition coefficient (Wildman–Crippen LogP) is 5.74. The van der Waals surface area contributed by atoms with Gasteiger partial charge in [-0.3, -0.25) is 0 Å². The summed E-state index contributed by atoms with van der Waals surface area (Å²) in [7, 11) is -8.79. The molecule has 11 heteroatoms. The molecule has 4 saturated carbocycles. The van der Waals surface area contributed by atoms with Gasteiger partial charge in [0.1, 0.15) is 5.75 Å². The van der Waals surface area contributed by atoms with Crippen LogP contribution in [0.25, 0.3) is 0 Å². The van der Waals surface area contributed by atoms with Crippen molar-refractivity contribution in [3.05, 3.63) is 23.3 Å². The van der Waals surface area contributed by atoms with E-state index in [9.17, 15) is 18.6 Å². The third-order valence-corrected chi connectivity index (χ3v) is 15.9. The first kappa shape index (κ1) is 26.2. The Kier molecular flexibility index (Phi) is 5.83. The summed E-state index contributed by atoms with van der Waals surface area (Å²) in [6.07, 6.45) is 2.14. The number of aliphatic hydroxyl groups is 1. The summed E-state index contributed by atoms with van der Waals surface area (Å²) in [6.45, 7) is 3.23. The minimum absolute atomic E-state index is 0.0127. The Labute approximate surface area is 216 Å². The summed E-state index contributed by atoms with van der Waals surface area (Å²) in [6, 6.07) is 3.04. The van der Waals surface area contributed by atoms with Crippen molar-refractivity contribution in [2.75, 3.05) is 11.5 Å². The lowest BCUT2D eigenvalue weighted by molar-refractivity contribution is -0.210. The van der Waals surface area contributed by atoms with Gasteiger partial charge in [0.05, 0.1) is 6.10 Å². The van der Waals surface area contributed by atoms with Gasteiger partial charge in [0.2, 0.25) is 0 Å². The van der Waals surface area contributed by atoms with E-state index in [1.54, 1.807) is 13.8 Å². The quantitative estimate of drug-likeness (QED) is 0.339. The molecule has 5 fully saturated rings. The number of aromatic hydroxyl groups is 1. The fourth-order valence-electron chi connectivity index (χ4n) is 8.83. The number of fused-ring (bicyclic) bond motifs is 9. The topological polar surface area (TPSA) is 83.8 Å². The average Bonchev–Trinajstić information content (AvgIpc) is 3.61. The van der Waals surface area contributed by atoms with Crippen LogP contribution in [-0.2, 0) is 13.7 Å². The third-order valence-electron chi connectivity index (χ3n) is 10.3.